The number of rotatable bonds is 3. The fraction of sp³-hybridized carbons (Fsp3) is 0.571. The SMILES string of the molecule is CCOCN1C=NC=CC1. The van der Waals surface area contributed by atoms with E-state index in [-0.39, 0.29) is 0 Å². The van der Waals surface area contributed by atoms with Crippen molar-refractivity contribution in [3.8, 4) is 0 Å². The van der Waals surface area contributed by atoms with Crippen LogP contribution in [0.3, 0.4) is 0 Å². The van der Waals surface area contributed by atoms with Gasteiger partial charge in [0.25, 0.3) is 0 Å². The second-order valence-corrected chi connectivity index (χ2v) is 2.04. The summed E-state index contributed by atoms with van der Waals surface area (Å²) in [5, 5.41) is 0. The molecule has 3 heteroatoms. The third-order valence-corrected chi connectivity index (χ3v) is 1.22. The second-order valence-electron chi connectivity index (χ2n) is 2.04. The summed E-state index contributed by atoms with van der Waals surface area (Å²) in [5.41, 5.74) is 0. The molecule has 0 atom stereocenters. The maximum atomic E-state index is 5.17. The lowest BCUT2D eigenvalue weighted by molar-refractivity contribution is 0.0811. The van der Waals surface area contributed by atoms with Gasteiger partial charge in [-0.2, -0.15) is 0 Å². The maximum absolute atomic E-state index is 5.17. The Morgan fingerprint density at radius 3 is 3.20 bits per heavy atom. The summed E-state index contributed by atoms with van der Waals surface area (Å²) in [6.45, 7) is 4.29. The third-order valence-electron chi connectivity index (χ3n) is 1.22. The molecule has 0 amide bonds. The van der Waals surface area contributed by atoms with E-state index in [1.54, 1.807) is 12.5 Å². The lowest BCUT2D eigenvalue weighted by Crippen LogP contribution is -2.26. The molecule has 0 aromatic heterocycles. The summed E-state index contributed by atoms with van der Waals surface area (Å²) >= 11 is 0. The van der Waals surface area contributed by atoms with Crippen LogP contribution in [0.25, 0.3) is 0 Å². The van der Waals surface area contributed by atoms with Gasteiger partial charge in [0, 0.05) is 19.4 Å². The first-order valence-electron chi connectivity index (χ1n) is 3.43. The molecule has 0 fully saturated rings. The predicted molar refractivity (Wildman–Crippen MR) is 40.8 cm³/mol. The molecule has 1 aliphatic rings. The number of nitrogens with zero attached hydrogens (tertiary/aromatic N) is 2. The van der Waals surface area contributed by atoms with E-state index in [2.05, 4.69) is 4.99 Å². The smallest absolute Gasteiger partial charge is 0.119 e. The molecule has 56 valence electrons. The van der Waals surface area contributed by atoms with Gasteiger partial charge in [0.2, 0.25) is 0 Å². The van der Waals surface area contributed by atoms with Gasteiger partial charge in [-0.3, -0.25) is 0 Å². The van der Waals surface area contributed by atoms with Gasteiger partial charge in [0.05, 0.1) is 6.34 Å². The average Bonchev–Trinajstić information content (AvgIpc) is 2.03. The van der Waals surface area contributed by atoms with Crippen LogP contribution in [-0.2, 0) is 4.74 Å². The molecular weight excluding hydrogens is 128 g/mol. The Morgan fingerprint density at radius 1 is 1.70 bits per heavy atom. The van der Waals surface area contributed by atoms with Crippen molar-refractivity contribution in [3.05, 3.63) is 12.3 Å². The minimum absolute atomic E-state index is 0.643. The van der Waals surface area contributed by atoms with Gasteiger partial charge in [-0.1, -0.05) is 0 Å². The Labute approximate surface area is 61.0 Å². The summed E-state index contributed by atoms with van der Waals surface area (Å²) < 4.78 is 5.17. The van der Waals surface area contributed by atoms with Crippen molar-refractivity contribution in [2.45, 2.75) is 6.92 Å². The topological polar surface area (TPSA) is 24.8 Å². The third kappa shape index (κ3) is 2.19. The fourth-order valence-electron chi connectivity index (χ4n) is 0.718. The van der Waals surface area contributed by atoms with Crippen LogP contribution in [0.1, 0.15) is 6.92 Å². The summed E-state index contributed by atoms with van der Waals surface area (Å²) in [5.74, 6) is 0. The van der Waals surface area contributed by atoms with Crippen molar-refractivity contribution in [1.82, 2.24) is 4.90 Å². The van der Waals surface area contributed by atoms with E-state index in [1.165, 1.54) is 0 Å². The van der Waals surface area contributed by atoms with Crippen LogP contribution in [0, 0.1) is 0 Å². The minimum Gasteiger partial charge on any atom is -0.361 e. The number of hydrogen-bond donors (Lipinski definition) is 0. The number of hydrogen-bond acceptors (Lipinski definition) is 3. The first-order valence-corrected chi connectivity index (χ1v) is 3.43. The van der Waals surface area contributed by atoms with Crippen LogP contribution in [0.2, 0.25) is 0 Å². The van der Waals surface area contributed by atoms with Crippen molar-refractivity contribution in [3.63, 3.8) is 0 Å². The average molecular weight is 140 g/mol. The Kier molecular flexibility index (Phi) is 2.96. The van der Waals surface area contributed by atoms with Crippen LogP contribution in [0.15, 0.2) is 17.3 Å². The van der Waals surface area contributed by atoms with Gasteiger partial charge < -0.3 is 9.64 Å². The first kappa shape index (κ1) is 7.28. The highest BCUT2D eigenvalue weighted by Crippen LogP contribution is 1.92. The lowest BCUT2D eigenvalue weighted by atomic mass is 10.5. The summed E-state index contributed by atoms with van der Waals surface area (Å²) in [7, 11) is 0. The zero-order chi connectivity index (χ0) is 7.23. The molecule has 0 aliphatic carbocycles. The number of ether oxygens (including phenoxy) is 1. The molecule has 0 spiro atoms. The van der Waals surface area contributed by atoms with Crippen molar-refractivity contribution in [1.29, 1.82) is 0 Å². The molecular formula is C7H12N2O. The molecule has 0 aromatic rings. The summed E-state index contributed by atoms with van der Waals surface area (Å²) in [6, 6.07) is 0. The van der Waals surface area contributed by atoms with Gasteiger partial charge in [-0.25, -0.2) is 4.99 Å². The molecule has 0 bridgehead atoms. The lowest BCUT2D eigenvalue weighted by Gasteiger charge is -2.18. The Morgan fingerprint density at radius 2 is 2.60 bits per heavy atom. The molecule has 0 aromatic carbocycles. The largest absolute Gasteiger partial charge is 0.361 e. The summed E-state index contributed by atoms with van der Waals surface area (Å²) in [6.07, 6.45) is 5.58. The van der Waals surface area contributed by atoms with Gasteiger partial charge in [-0.05, 0) is 13.0 Å². The van der Waals surface area contributed by atoms with Crippen molar-refractivity contribution in [2.24, 2.45) is 4.99 Å². The van der Waals surface area contributed by atoms with Gasteiger partial charge in [0.1, 0.15) is 6.73 Å². The van der Waals surface area contributed by atoms with E-state index in [0.717, 1.165) is 13.2 Å². The monoisotopic (exact) mass is 140 g/mol. The molecule has 10 heavy (non-hydrogen) atoms. The minimum atomic E-state index is 0.643. The molecule has 0 saturated heterocycles. The molecule has 0 N–H and O–H groups in total. The number of aliphatic imine (C=N–C) groups is 1. The molecule has 0 saturated carbocycles. The molecule has 0 unspecified atom stereocenters. The fourth-order valence-corrected chi connectivity index (χ4v) is 0.718. The maximum Gasteiger partial charge on any atom is 0.119 e. The van der Waals surface area contributed by atoms with Gasteiger partial charge >= 0.3 is 0 Å². The van der Waals surface area contributed by atoms with Crippen molar-refractivity contribution >= 4 is 6.34 Å². The quantitative estimate of drug-likeness (QED) is 0.580. The standard InChI is InChI=1S/C7H12N2O/c1-2-10-7-9-5-3-4-8-6-9/h3-4,6H,2,5,7H2,1H3. The van der Waals surface area contributed by atoms with Gasteiger partial charge in [0.15, 0.2) is 0 Å². The van der Waals surface area contributed by atoms with Crippen LogP contribution in [0.4, 0.5) is 0 Å². The van der Waals surface area contributed by atoms with E-state index < -0.39 is 0 Å². The van der Waals surface area contributed by atoms with Gasteiger partial charge in [-0.15, -0.1) is 0 Å². The Hall–Kier alpha value is -0.830. The van der Waals surface area contributed by atoms with E-state index in [4.69, 9.17) is 4.74 Å². The van der Waals surface area contributed by atoms with E-state index in [0.29, 0.717) is 6.73 Å². The summed E-state index contributed by atoms with van der Waals surface area (Å²) in [4.78, 5) is 5.96. The normalized spacial score (nSPS) is 16.3. The zero-order valence-electron chi connectivity index (χ0n) is 6.16. The predicted octanol–water partition coefficient (Wildman–Crippen LogP) is 0.838. The highest BCUT2D eigenvalue weighted by atomic mass is 16.5. The van der Waals surface area contributed by atoms with E-state index >= 15 is 0 Å². The molecule has 1 aliphatic heterocycles. The van der Waals surface area contributed by atoms with E-state index in [9.17, 15) is 0 Å². The van der Waals surface area contributed by atoms with Crippen LogP contribution >= 0.6 is 0 Å². The molecule has 1 heterocycles. The van der Waals surface area contributed by atoms with Crippen LogP contribution in [-0.4, -0.2) is 31.1 Å². The van der Waals surface area contributed by atoms with Crippen LogP contribution in [0.5, 0.6) is 0 Å². The Balaban J connectivity index is 2.17. The zero-order valence-corrected chi connectivity index (χ0v) is 6.16. The second kappa shape index (κ2) is 4.06. The van der Waals surface area contributed by atoms with E-state index in [1.807, 2.05) is 17.9 Å². The highest BCUT2D eigenvalue weighted by Gasteiger charge is 1.97. The molecule has 0 radical (unpaired) electrons. The van der Waals surface area contributed by atoms with Crippen LogP contribution < -0.4 is 0 Å². The molecule has 1 rings (SSSR count). The highest BCUT2D eigenvalue weighted by molar-refractivity contribution is 5.57. The molecule has 3 nitrogen and oxygen atoms in total. The van der Waals surface area contributed by atoms with Crippen molar-refractivity contribution in [2.75, 3.05) is 19.9 Å². The van der Waals surface area contributed by atoms with Crippen molar-refractivity contribution < 1.29 is 4.74 Å². The first-order chi connectivity index (χ1) is 4.93. The Bertz CT molecular complexity index is 143.